The molecule has 0 bridgehead atoms. The number of nitrogens with one attached hydrogen (secondary N) is 4. The summed E-state index contributed by atoms with van der Waals surface area (Å²) in [5, 5.41) is 5.44. The summed E-state index contributed by atoms with van der Waals surface area (Å²) in [7, 11) is 0. The summed E-state index contributed by atoms with van der Waals surface area (Å²) in [6.07, 6.45) is 0. The average Bonchev–Trinajstić information content (AvgIpc) is 2.68. The Morgan fingerprint density at radius 3 is 2.63 bits per heavy atom. The highest BCUT2D eigenvalue weighted by molar-refractivity contribution is 6.10. The molecule has 8 heteroatoms. The van der Waals surface area contributed by atoms with Crippen molar-refractivity contribution in [2.24, 2.45) is 5.11 Å². The third-order valence-electron chi connectivity index (χ3n) is 2.55. The second-order valence-corrected chi connectivity index (χ2v) is 3.97. The average molecular weight is 261 g/mol. The molecule has 0 spiro atoms. The summed E-state index contributed by atoms with van der Waals surface area (Å²) in [5.41, 5.74) is 8.01. The number of nitrogens with zero attached hydrogens (tertiary/aromatic N) is 1. The van der Waals surface area contributed by atoms with Crippen LogP contribution < -0.4 is 11.0 Å². The standard InChI is InChI=1S/C11H11N5O3/c1-5(17)9(16-12)10(18)13-6-2-3-7-8(4-6)15-11(19)14-7/h2-4,9,12H,1H3,(H,13,18)(H2,14,15,19). The van der Waals surface area contributed by atoms with E-state index in [0.717, 1.165) is 0 Å². The van der Waals surface area contributed by atoms with Crippen molar-refractivity contribution in [3.63, 3.8) is 0 Å². The first-order valence-corrected chi connectivity index (χ1v) is 5.41. The Morgan fingerprint density at radius 2 is 2.00 bits per heavy atom. The normalized spacial score (nSPS) is 12.1. The number of Topliss-reactive ketones (excluding diaryl/α,β-unsaturated/α-hetero) is 1. The summed E-state index contributed by atoms with van der Waals surface area (Å²) in [4.78, 5) is 39.0. The zero-order chi connectivity index (χ0) is 14.0. The van der Waals surface area contributed by atoms with Gasteiger partial charge in [-0.2, -0.15) is 5.11 Å². The molecule has 2 aromatic rings. The molecule has 98 valence electrons. The maximum absolute atomic E-state index is 11.7. The van der Waals surface area contributed by atoms with Crippen molar-refractivity contribution >= 4 is 28.4 Å². The third-order valence-corrected chi connectivity index (χ3v) is 2.55. The predicted molar refractivity (Wildman–Crippen MR) is 67.2 cm³/mol. The first-order chi connectivity index (χ1) is 9.01. The van der Waals surface area contributed by atoms with Crippen LogP contribution in [0.4, 0.5) is 5.69 Å². The number of carbonyl (C=O) groups excluding carboxylic acids is 2. The summed E-state index contributed by atoms with van der Waals surface area (Å²) >= 11 is 0. The number of hydrogen-bond acceptors (Lipinski definition) is 5. The Morgan fingerprint density at radius 1 is 1.32 bits per heavy atom. The maximum atomic E-state index is 11.7. The number of hydrogen-bond donors (Lipinski definition) is 4. The molecular formula is C11H11N5O3. The number of aromatic nitrogens is 2. The van der Waals surface area contributed by atoms with E-state index >= 15 is 0 Å². The number of benzene rings is 1. The third kappa shape index (κ3) is 2.57. The second kappa shape index (κ2) is 4.84. The second-order valence-electron chi connectivity index (χ2n) is 3.97. The van der Waals surface area contributed by atoms with Crippen LogP contribution in [0.3, 0.4) is 0 Å². The molecule has 1 aromatic heterocycles. The van der Waals surface area contributed by atoms with Gasteiger partial charge in [-0.3, -0.25) is 9.59 Å². The van der Waals surface area contributed by atoms with Crippen LogP contribution in [0.25, 0.3) is 11.0 Å². The summed E-state index contributed by atoms with van der Waals surface area (Å²) in [6.45, 7) is 1.19. The van der Waals surface area contributed by atoms with Crippen molar-refractivity contribution in [3.8, 4) is 0 Å². The fourth-order valence-corrected chi connectivity index (χ4v) is 1.66. The molecule has 8 nitrogen and oxygen atoms in total. The van der Waals surface area contributed by atoms with Crippen LogP contribution in [-0.4, -0.2) is 27.7 Å². The molecule has 0 aliphatic heterocycles. The molecule has 0 aliphatic rings. The molecule has 1 heterocycles. The van der Waals surface area contributed by atoms with E-state index in [2.05, 4.69) is 20.4 Å². The number of rotatable bonds is 4. The minimum Gasteiger partial charge on any atom is -0.324 e. The van der Waals surface area contributed by atoms with Crippen LogP contribution in [0.5, 0.6) is 0 Å². The van der Waals surface area contributed by atoms with Crippen molar-refractivity contribution in [3.05, 3.63) is 28.7 Å². The molecule has 4 N–H and O–H groups in total. The summed E-state index contributed by atoms with van der Waals surface area (Å²) in [5.74, 6) is -1.19. The van der Waals surface area contributed by atoms with Crippen molar-refractivity contribution in [2.45, 2.75) is 13.0 Å². The molecule has 0 aliphatic carbocycles. The van der Waals surface area contributed by atoms with Gasteiger partial charge in [-0.05, 0) is 25.1 Å². The highest BCUT2D eigenvalue weighted by Gasteiger charge is 2.22. The molecular weight excluding hydrogens is 250 g/mol. The van der Waals surface area contributed by atoms with Crippen molar-refractivity contribution < 1.29 is 9.59 Å². The van der Waals surface area contributed by atoms with Crippen LogP contribution in [0.2, 0.25) is 0 Å². The van der Waals surface area contributed by atoms with E-state index in [1.807, 2.05) is 0 Å². The number of H-pyrrole nitrogens is 2. The Labute approximate surface area is 106 Å². The lowest BCUT2D eigenvalue weighted by molar-refractivity contribution is -0.126. The lowest BCUT2D eigenvalue weighted by Gasteiger charge is -2.08. The Kier molecular flexibility index (Phi) is 3.23. The van der Waals surface area contributed by atoms with Crippen LogP contribution >= 0.6 is 0 Å². The molecule has 19 heavy (non-hydrogen) atoms. The topological polar surface area (TPSA) is 131 Å². The van der Waals surface area contributed by atoms with E-state index < -0.39 is 17.7 Å². The molecule has 1 aromatic carbocycles. The zero-order valence-corrected chi connectivity index (χ0v) is 9.98. The molecule has 2 rings (SSSR count). The Hall–Kier alpha value is -2.77. The zero-order valence-electron chi connectivity index (χ0n) is 9.98. The minimum atomic E-state index is -1.35. The number of aromatic amines is 2. The number of imidazole rings is 1. The Bertz CT molecular complexity index is 714. The fourth-order valence-electron chi connectivity index (χ4n) is 1.66. The van der Waals surface area contributed by atoms with Gasteiger partial charge in [-0.15, -0.1) is 0 Å². The van der Waals surface area contributed by atoms with Gasteiger partial charge in [0.15, 0.2) is 5.78 Å². The smallest absolute Gasteiger partial charge is 0.323 e. The largest absolute Gasteiger partial charge is 0.324 e. The number of fused-ring (bicyclic) bond motifs is 1. The number of ketones is 1. The van der Waals surface area contributed by atoms with Gasteiger partial charge in [-0.25, -0.2) is 10.3 Å². The SMILES string of the molecule is CC(=O)C(N=N)C(=O)Nc1ccc2[nH]c(=O)[nH]c2c1. The van der Waals surface area contributed by atoms with Gasteiger partial charge in [0.05, 0.1) is 11.0 Å². The van der Waals surface area contributed by atoms with Gasteiger partial charge in [0.1, 0.15) is 0 Å². The number of carbonyl (C=O) groups is 2. The lowest BCUT2D eigenvalue weighted by atomic mass is 10.2. The van der Waals surface area contributed by atoms with E-state index in [-0.39, 0.29) is 5.69 Å². The van der Waals surface area contributed by atoms with Gasteiger partial charge in [0, 0.05) is 5.69 Å². The Balaban J connectivity index is 2.25. The van der Waals surface area contributed by atoms with Crippen LogP contribution in [-0.2, 0) is 9.59 Å². The highest BCUT2D eigenvalue weighted by Crippen LogP contribution is 2.15. The van der Waals surface area contributed by atoms with Gasteiger partial charge >= 0.3 is 5.69 Å². The quantitative estimate of drug-likeness (QED) is 0.479. The van der Waals surface area contributed by atoms with E-state index in [9.17, 15) is 14.4 Å². The van der Waals surface area contributed by atoms with Crippen molar-refractivity contribution in [2.75, 3.05) is 5.32 Å². The van der Waals surface area contributed by atoms with E-state index in [0.29, 0.717) is 16.7 Å². The molecule has 1 atom stereocenters. The molecule has 0 saturated heterocycles. The lowest BCUT2D eigenvalue weighted by Crippen LogP contribution is -2.31. The molecule has 1 unspecified atom stereocenters. The van der Waals surface area contributed by atoms with Crippen LogP contribution in [0, 0.1) is 5.53 Å². The fraction of sp³-hybridized carbons (Fsp3) is 0.182. The van der Waals surface area contributed by atoms with Gasteiger partial charge < -0.3 is 15.3 Å². The van der Waals surface area contributed by atoms with Crippen molar-refractivity contribution in [1.29, 1.82) is 5.53 Å². The highest BCUT2D eigenvalue weighted by atomic mass is 16.2. The monoisotopic (exact) mass is 261 g/mol. The van der Waals surface area contributed by atoms with Crippen molar-refractivity contribution in [1.82, 2.24) is 9.97 Å². The molecule has 1 amide bonds. The van der Waals surface area contributed by atoms with Crippen LogP contribution in [0.1, 0.15) is 6.92 Å². The maximum Gasteiger partial charge on any atom is 0.323 e. The molecule has 0 saturated carbocycles. The molecule has 0 radical (unpaired) electrons. The summed E-state index contributed by atoms with van der Waals surface area (Å²) < 4.78 is 0. The van der Waals surface area contributed by atoms with E-state index in [4.69, 9.17) is 5.53 Å². The van der Waals surface area contributed by atoms with Gasteiger partial charge in [0.2, 0.25) is 6.04 Å². The van der Waals surface area contributed by atoms with Gasteiger partial charge in [-0.1, -0.05) is 0 Å². The van der Waals surface area contributed by atoms with E-state index in [1.54, 1.807) is 18.2 Å². The van der Waals surface area contributed by atoms with Gasteiger partial charge in [0.25, 0.3) is 5.91 Å². The minimum absolute atomic E-state index is 0.346. The number of anilines is 1. The first kappa shape index (κ1) is 12.7. The predicted octanol–water partition coefficient (Wildman–Crippen LogP) is 0.783. The molecule has 0 fully saturated rings. The van der Waals surface area contributed by atoms with Crippen LogP contribution in [0.15, 0.2) is 28.1 Å². The van der Waals surface area contributed by atoms with E-state index in [1.165, 1.54) is 6.92 Å². The first-order valence-electron chi connectivity index (χ1n) is 5.41. The summed E-state index contributed by atoms with van der Waals surface area (Å²) in [6, 6.07) is 3.39. The number of amides is 1.